The van der Waals surface area contributed by atoms with Crippen LogP contribution < -0.4 is 14.2 Å². The lowest BCUT2D eigenvalue weighted by Crippen LogP contribution is -2.38. The largest absolute Gasteiger partial charge is 0.497 e. The summed E-state index contributed by atoms with van der Waals surface area (Å²) in [5, 5.41) is 10.3. The van der Waals surface area contributed by atoms with E-state index in [-0.39, 0.29) is 6.61 Å². The summed E-state index contributed by atoms with van der Waals surface area (Å²) < 4.78 is 22.1. The maximum atomic E-state index is 10.3. The van der Waals surface area contributed by atoms with Crippen LogP contribution in [0.2, 0.25) is 0 Å². The van der Waals surface area contributed by atoms with Gasteiger partial charge in [-0.05, 0) is 36.9 Å². The first-order valence-electron chi connectivity index (χ1n) is 10.8. The van der Waals surface area contributed by atoms with Crippen molar-refractivity contribution < 1.29 is 24.1 Å². The Balaban J connectivity index is 1.34. The molecule has 1 aliphatic rings. The Morgan fingerprint density at radius 2 is 1.77 bits per heavy atom. The lowest BCUT2D eigenvalue weighted by molar-refractivity contribution is 0.0322. The molecule has 0 aromatic heterocycles. The van der Waals surface area contributed by atoms with E-state index in [2.05, 4.69) is 21.9 Å². The van der Waals surface area contributed by atoms with Gasteiger partial charge < -0.3 is 24.1 Å². The van der Waals surface area contributed by atoms with Gasteiger partial charge >= 0.3 is 0 Å². The topological polar surface area (TPSA) is 63.6 Å². The van der Waals surface area contributed by atoms with Gasteiger partial charge in [0.15, 0.2) is 0 Å². The molecule has 7 heteroatoms. The van der Waals surface area contributed by atoms with E-state index in [4.69, 9.17) is 18.9 Å². The summed E-state index contributed by atoms with van der Waals surface area (Å²) in [6.07, 6.45) is -0.584. The Kier molecular flexibility index (Phi) is 9.42. The summed E-state index contributed by atoms with van der Waals surface area (Å²) >= 11 is 0. The first kappa shape index (κ1) is 23.3. The zero-order chi connectivity index (χ0) is 21.9. The molecule has 170 valence electrons. The average molecular weight is 431 g/mol. The lowest BCUT2D eigenvalue weighted by atomic mass is 10.2. The van der Waals surface area contributed by atoms with Crippen LogP contribution in [0.15, 0.2) is 48.5 Å². The van der Waals surface area contributed by atoms with Gasteiger partial charge in [0.1, 0.15) is 36.6 Å². The maximum absolute atomic E-state index is 10.3. The van der Waals surface area contributed by atoms with Crippen molar-refractivity contribution in [3.63, 3.8) is 0 Å². The highest BCUT2D eigenvalue weighted by molar-refractivity contribution is 5.32. The summed E-state index contributed by atoms with van der Waals surface area (Å²) in [5.74, 6) is 2.30. The number of aliphatic hydroxyl groups excluding tert-OH is 1. The zero-order valence-electron chi connectivity index (χ0n) is 18.5. The van der Waals surface area contributed by atoms with Crippen LogP contribution in [0.4, 0.5) is 0 Å². The quantitative estimate of drug-likeness (QED) is 0.554. The SMILES string of the molecule is COc1cccc(OC[C@@H](O)CN(C)Cc2ccc(OCCN3CCOCC3)cc2)c1. The molecule has 1 heterocycles. The minimum Gasteiger partial charge on any atom is -0.497 e. The van der Waals surface area contributed by atoms with Crippen molar-refractivity contribution in [2.45, 2.75) is 12.6 Å². The van der Waals surface area contributed by atoms with Crippen LogP contribution in [0, 0.1) is 0 Å². The fourth-order valence-electron chi connectivity index (χ4n) is 3.48. The van der Waals surface area contributed by atoms with E-state index >= 15 is 0 Å². The first-order chi connectivity index (χ1) is 15.1. The molecule has 1 aliphatic heterocycles. The van der Waals surface area contributed by atoms with Gasteiger partial charge in [-0.25, -0.2) is 0 Å². The standard InChI is InChI=1S/C24H34N2O5/c1-25(18-21(27)19-31-24-5-3-4-23(16-24)28-2)17-20-6-8-22(9-7-20)30-15-12-26-10-13-29-14-11-26/h3-9,16,21,27H,10-15,17-19H2,1-2H3/t21-/m0/s1. The molecule has 2 aromatic carbocycles. The van der Waals surface area contributed by atoms with Crippen molar-refractivity contribution in [2.24, 2.45) is 0 Å². The smallest absolute Gasteiger partial charge is 0.123 e. The number of likely N-dealkylation sites (N-methyl/N-ethyl adjacent to an activating group) is 1. The van der Waals surface area contributed by atoms with Crippen molar-refractivity contribution in [1.29, 1.82) is 0 Å². The third kappa shape index (κ3) is 8.38. The Bertz CT molecular complexity index is 765. The molecule has 3 rings (SSSR count). The molecule has 0 bridgehead atoms. The van der Waals surface area contributed by atoms with E-state index in [1.165, 1.54) is 5.56 Å². The molecular weight excluding hydrogens is 396 g/mol. The van der Waals surface area contributed by atoms with Gasteiger partial charge in [0.25, 0.3) is 0 Å². The van der Waals surface area contributed by atoms with Gasteiger partial charge in [0, 0.05) is 38.8 Å². The number of benzene rings is 2. The maximum Gasteiger partial charge on any atom is 0.123 e. The van der Waals surface area contributed by atoms with Gasteiger partial charge in [-0.2, -0.15) is 0 Å². The lowest BCUT2D eigenvalue weighted by Gasteiger charge is -2.26. The number of hydrogen-bond donors (Lipinski definition) is 1. The summed E-state index contributed by atoms with van der Waals surface area (Å²) in [4.78, 5) is 4.43. The van der Waals surface area contributed by atoms with Crippen LogP contribution >= 0.6 is 0 Å². The number of methoxy groups -OCH3 is 1. The molecule has 7 nitrogen and oxygen atoms in total. The molecule has 2 aromatic rings. The molecule has 1 atom stereocenters. The fraction of sp³-hybridized carbons (Fsp3) is 0.500. The molecular formula is C24H34N2O5. The van der Waals surface area contributed by atoms with Crippen LogP contribution in [0.5, 0.6) is 17.2 Å². The molecule has 1 saturated heterocycles. The first-order valence-corrected chi connectivity index (χ1v) is 10.8. The van der Waals surface area contributed by atoms with Crippen LogP contribution in [-0.2, 0) is 11.3 Å². The van der Waals surface area contributed by atoms with E-state index in [0.29, 0.717) is 18.9 Å². The van der Waals surface area contributed by atoms with Crippen molar-refractivity contribution >= 4 is 0 Å². The van der Waals surface area contributed by atoms with E-state index < -0.39 is 6.10 Å². The predicted octanol–water partition coefficient (Wildman–Crippen LogP) is 2.28. The van der Waals surface area contributed by atoms with Crippen LogP contribution in [-0.4, -0.2) is 87.8 Å². The van der Waals surface area contributed by atoms with E-state index in [1.807, 2.05) is 37.4 Å². The molecule has 0 amide bonds. The van der Waals surface area contributed by atoms with Crippen LogP contribution in [0.3, 0.4) is 0 Å². The molecule has 0 spiro atoms. The summed E-state index contributed by atoms with van der Waals surface area (Å²) in [5.41, 5.74) is 1.17. The van der Waals surface area contributed by atoms with E-state index in [0.717, 1.165) is 50.9 Å². The van der Waals surface area contributed by atoms with Crippen LogP contribution in [0.25, 0.3) is 0 Å². The van der Waals surface area contributed by atoms with Crippen molar-refractivity contribution in [3.8, 4) is 17.2 Å². The molecule has 1 fully saturated rings. The number of morpholine rings is 1. The fourth-order valence-corrected chi connectivity index (χ4v) is 3.48. The van der Waals surface area contributed by atoms with E-state index in [9.17, 15) is 5.11 Å². The number of rotatable bonds is 12. The third-order valence-electron chi connectivity index (χ3n) is 5.16. The Labute approximate surface area is 185 Å². The number of ether oxygens (including phenoxy) is 4. The second kappa shape index (κ2) is 12.5. The van der Waals surface area contributed by atoms with Gasteiger partial charge in [0.05, 0.1) is 20.3 Å². The number of hydrogen-bond acceptors (Lipinski definition) is 7. The summed E-state index contributed by atoms with van der Waals surface area (Å²) in [6, 6.07) is 15.5. The van der Waals surface area contributed by atoms with Gasteiger partial charge in [-0.15, -0.1) is 0 Å². The van der Waals surface area contributed by atoms with Crippen molar-refractivity contribution in [2.75, 3.05) is 66.8 Å². The zero-order valence-corrected chi connectivity index (χ0v) is 18.5. The molecule has 0 radical (unpaired) electrons. The summed E-state index contributed by atoms with van der Waals surface area (Å²) in [6.45, 7) is 6.66. The molecule has 1 N–H and O–H groups in total. The number of aliphatic hydroxyl groups is 1. The van der Waals surface area contributed by atoms with Gasteiger partial charge in [-0.3, -0.25) is 9.80 Å². The number of nitrogens with zero attached hydrogens (tertiary/aromatic N) is 2. The summed E-state index contributed by atoms with van der Waals surface area (Å²) in [7, 11) is 3.61. The van der Waals surface area contributed by atoms with Gasteiger partial charge in [0.2, 0.25) is 0 Å². The molecule has 0 aliphatic carbocycles. The predicted molar refractivity (Wildman–Crippen MR) is 120 cm³/mol. The highest BCUT2D eigenvalue weighted by Gasteiger charge is 2.11. The third-order valence-corrected chi connectivity index (χ3v) is 5.16. The Morgan fingerprint density at radius 1 is 1.03 bits per heavy atom. The Morgan fingerprint density at radius 3 is 2.52 bits per heavy atom. The van der Waals surface area contributed by atoms with Crippen molar-refractivity contribution in [3.05, 3.63) is 54.1 Å². The molecule has 0 saturated carbocycles. The average Bonchev–Trinajstić information content (AvgIpc) is 2.79. The van der Waals surface area contributed by atoms with E-state index in [1.54, 1.807) is 13.2 Å². The monoisotopic (exact) mass is 430 g/mol. The Hall–Kier alpha value is -2.32. The highest BCUT2D eigenvalue weighted by atomic mass is 16.5. The highest BCUT2D eigenvalue weighted by Crippen LogP contribution is 2.19. The van der Waals surface area contributed by atoms with Gasteiger partial charge in [-0.1, -0.05) is 18.2 Å². The normalized spacial score (nSPS) is 15.6. The molecule has 31 heavy (non-hydrogen) atoms. The van der Waals surface area contributed by atoms with Crippen molar-refractivity contribution in [1.82, 2.24) is 9.80 Å². The minimum atomic E-state index is -0.584. The molecule has 0 unspecified atom stereocenters. The second-order valence-electron chi connectivity index (χ2n) is 7.79. The van der Waals surface area contributed by atoms with Crippen LogP contribution in [0.1, 0.15) is 5.56 Å². The second-order valence-corrected chi connectivity index (χ2v) is 7.79. The minimum absolute atomic E-state index is 0.230.